The number of hydrogen-bond acceptors (Lipinski definition) is 2. The van der Waals surface area contributed by atoms with Gasteiger partial charge in [-0.1, -0.05) is 0 Å². The third-order valence-electron chi connectivity index (χ3n) is 1.17. The summed E-state index contributed by atoms with van der Waals surface area (Å²) in [5, 5.41) is 2.08. The highest BCUT2D eigenvalue weighted by molar-refractivity contribution is 7.10. The van der Waals surface area contributed by atoms with E-state index in [0.29, 0.717) is 0 Å². The first-order chi connectivity index (χ1) is 4.34. The first-order valence-corrected chi connectivity index (χ1v) is 3.69. The summed E-state index contributed by atoms with van der Waals surface area (Å²) in [7, 11) is 1.79. The molecule has 0 spiro atoms. The van der Waals surface area contributed by atoms with E-state index in [0.717, 1.165) is 0 Å². The van der Waals surface area contributed by atoms with E-state index in [9.17, 15) is 0 Å². The molecule has 48 valence electrons. The van der Waals surface area contributed by atoms with Gasteiger partial charge in [-0.15, -0.1) is 11.3 Å². The molecule has 0 atom stereocenters. The summed E-state index contributed by atoms with van der Waals surface area (Å²) in [5.74, 6) is 0. The van der Waals surface area contributed by atoms with Gasteiger partial charge in [0.2, 0.25) is 0 Å². The highest BCUT2D eigenvalue weighted by Gasteiger charge is 1.91. The molecular formula is C7H9NS. The summed E-state index contributed by atoms with van der Waals surface area (Å²) >= 11 is 1.75. The Labute approximate surface area is 59.1 Å². The van der Waals surface area contributed by atoms with Crippen molar-refractivity contribution in [3.8, 4) is 0 Å². The molecule has 1 aromatic heterocycles. The molecule has 0 saturated heterocycles. The number of aliphatic imine (C=N–C) groups is 1. The first-order valence-electron chi connectivity index (χ1n) is 2.81. The summed E-state index contributed by atoms with van der Waals surface area (Å²) < 4.78 is 0. The Kier molecular flexibility index (Phi) is 2.01. The van der Waals surface area contributed by atoms with Crippen LogP contribution in [0.5, 0.6) is 0 Å². The van der Waals surface area contributed by atoms with Gasteiger partial charge in [0.05, 0.1) is 0 Å². The molecule has 0 aromatic carbocycles. The summed E-state index contributed by atoms with van der Waals surface area (Å²) in [6.45, 7) is 2.10. The van der Waals surface area contributed by atoms with Crippen LogP contribution in [0.15, 0.2) is 16.4 Å². The van der Waals surface area contributed by atoms with Gasteiger partial charge in [0.15, 0.2) is 0 Å². The summed E-state index contributed by atoms with van der Waals surface area (Å²) in [6, 6.07) is 2.08. The van der Waals surface area contributed by atoms with Crippen LogP contribution in [0.4, 0.5) is 0 Å². The lowest BCUT2D eigenvalue weighted by atomic mass is 10.3. The predicted molar refractivity (Wildman–Crippen MR) is 42.6 cm³/mol. The second kappa shape index (κ2) is 2.78. The van der Waals surface area contributed by atoms with Crippen molar-refractivity contribution in [3.05, 3.63) is 21.9 Å². The van der Waals surface area contributed by atoms with Crippen molar-refractivity contribution in [2.24, 2.45) is 4.99 Å². The van der Waals surface area contributed by atoms with E-state index in [-0.39, 0.29) is 0 Å². The van der Waals surface area contributed by atoms with Gasteiger partial charge in [-0.2, -0.15) is 0 Å². The lowest BCUT2D eigenvalue weighted by Gasteiger charge is -1.84. The minimum Gasteiger partial charge on any atom is -0.296 e. The molecule has 1 nitrogen and oxygen atoms in total. The average molecular weight is 139 g/mol. The third kappa shape index (κ3) is 1.39. The van der Waals surface area contributed by atoms with Crippen molar-refractivity contribution in [3.63, 3.8) is 0 Å². The van der Waals surface area contributed by atoms with E-state index < -0.39 is 0 Å². The zero-order valence-electron chi connectivity index (χ0n) is 5.59. The quantitative estimate of drug-likeness (QED) is 0.528. The van der Waals surface area contributed by atoms with Crippen molar-refractivity contribution >= 4 is 17.6 Å². The normalized spacial score (nSPS) is 10.9. The van der Waals surface area contributed by atoms with E-state index in [1.54, 1.807) is 18.4 Å². The number of nitrogens with zero attached hydrogens (tertiary/aromatic N) is 1. The van der Waals surface area contributed by atoms with E-state index >= 15 is 0 Å². The molecule has 0 aliphatic rings. The van der Waals surface area contributed by atoms with Crippen molar-refractivity contribution in [2.45, 2.75) is 6.92 Å². The maximum absolute atomic E-state index is 3.92. The fourth-order valence-electron chi connectivity index (χ4n) is 0.668. The van der Waals surface area contributed by atoms with Crippen LogP contribution in [0.1, 0.15) is 10.4 Å². The topological polar surface area (TPSA) is 12.4 Å². The molecule has 1 heterocycles. The Hall–Kier alpha value is -0.630. The second-order valence-corrected chi connectivity index (χ2v) is 2.94. The number of rotatable bonds is 1. The minimum absolute atomic E-state index is 1.24. The van der Waals surface area contributed by atoms with Gasteiger partial charge in [-0.3, -0.25) is 4.99 Å². The summed E-state index contributed by atoms with van der Waals surface area (Å²) in [5.41, 5.74) is 1.24. The molecule has 0 N–H and O–H groups in total. The van der Waals surface area contributed by atoms with Crippen molar-refractivity contribution < 1.29 is 0 Å². The molecule has 2 heteroatoms. The standard InChI is InChI=1S/C7H9NS/c1-6-7(5-8-2)3-4-9-6/h3-5H,1-2H3/b8-5+. The molecule has 1 rings (SSSR count). The lowest BCUT2D eigenvalue weighted by molar-refractivity contribution is 1.46. The van der Waals surface area contributed by atoms with Crippen LogP contribution < -0.4 is 0 Å². The average Bonchev–Trinajstić information content (AvgIpc) is 2.18. The van der Waals surface area contributed by atoms with Gasteiger partial charge in [0, 0.05) is 23.7 Å². The molecule has 0 aliphatic carbocycles. The molecule has 0 bridgehead atoms. The number of thiophene rings is 1. The Balaban J connectivity index is 2.94. The van der Waals surface area contributed by atoms with Crippen LogP contribution in [0.25, 0.3) is 0 Å². The van der Waals surface area contributed by atoms with E-state index in [4.69, 9.17) is 0 Å². The fourth-order valence-corrected chi connectivity index (χ4v) is 1.34. The van der Waals surface area contributed by atoms with Gasteiger partial charge >= 0.3 is 0 Å². The van der Waals surface area contributed by atoms with Gasteiger partial charge < -0.3 is 0 Å². The largest absolute Gasteiger partial charge is 0.296 e. The second-order valence-electron chi connectivity index (χ2n) is 1.82. The molecule has 0 fully saturated rings. The van der Waals surface area contributed by atoms with Crippen molar-refractivity contribution in [1.82, 2.24) is 0 Å². The maximum atomic E-state index is 3.92. The highest BCUT2D eigenvalue weighted by Crippen LogP contribution is 2.11. The van der Waals surface area contributed by atoms with Crippen molar-refractivity contribution in [1.29, 1.82) is 0 Å². The van der Waals surface area contributed by atoms with E-state index in [2.05, 4.69) is 23.4 Å². The molecule has 0 radical (unpaired) electrons. The molecule has 0 amide bonds. The molecule has 1 aromatic rings. The zero-order valence-corrected chi connectivity index (χ0v) is 6.40. The van der Waals surface area contributed by atoms with Gasteiger partial charge in [0.1, 0.15) is 0 Å². The Morgan fingerprint density at radius 2 is 2.44 bits per heavy atom. The number of aryl methyl sites for hydroxylation is 1. The van der Waals surface area contributed by atoms with E-state index in [1.807, 2.05) is 6.21 Å². The zero-order chi connectivity index (χ0) is 6.69. The Morgan fingerprint density at radius 3 is 2.89 bits per heavy atom. The minimum atomic E-state index is 1.24. The molecule has 0 saturated carbocycles. The third-order valence-corrected chi connectivity index (χ3v) is 2.03. The van der Waals surface area contributed by atoms with Crippen LogP contribution in [0, 0.1) is 6.92 Å². The number of hydrogen-bond donors (Lipinski definition) is 0. The molecule has 0 unspecified atom stereocenters. The van der Waals surface area contributed by atoms with E-state index in [1.165, 1.54) is 10.4 Å². The fraction of sp³-hybridized carbons (Fsp3) is 0.286. The van der Waals surface area contributed by atoms with Crippen LogP contribution in [-0.2, 0) is 0 Å². The summed E-state index contributed by atoms with van der Waals surface area (Å²) in [4.78, 5) is 5.25. The van der Waals surface area contributed by atoms with Crippen LogP contribution in [0.3, 0.4) is 0 Å². The summed E-state index contributed by atoms with van der Waals surface area (Å²) in [6.07, 6.45) is 1.88. The molecular weight excluding hydrogens is 130 g/mol. The van der Waals surface area contributed by atoms with Crippen LogP contribution in [-0.4, -0.2) is 13.3 Å². The van der Waals surface area contributed by atoms with Crippen LogP contribution >= 0.6 is 11.3 Å². The Morgan fingerprint density at radius 1 is 1.67 bits per heavy atom. The molecule has 9 heavy (non-hydrogen) atoms. The van der Waals surface area contributed by atoms with Gasteiger partial charge in [0.25, 0.3) is 0 Å². The van der Waals surface area contributed by atoms with Crippen LogP contribution in [0.2, 0.25) is 0 Å². The monoisotopic (exact) mass is 139 g/mol. The predicted octanol–water partition coefficient (Wildman–Crippen LogP) is 2.11. The lowest BCUT2D eigenvalue weighted by Crippen LogP contribution is -1.76. The van der Waals surface area contributed by atoms with Gasteiger partial charge in [-0.05, 0) is 18.4 Å². The van der Waals surface area contributed by atoms with Crippen molar-refractivity contribution in [2.75, 3.05) is 7.05 Å². The van der Waals surface area contributed by atoms with Gasteiger partial charge in [-0.25, -0.2) is 0 Å². The highest BCUT2D eigenvalue weighted by atomic mass is 32.1. The smallest absolute Gasteiger partial charge is 0.0292 e. The first kappa shape index (κ1) is 6.49. The SMILES string of the molecule is C/N=C/c1ccsc1C. The molecule has 0 aliphatic heterocycles. The maximum Gasteiger partial charge on any atom is 0.0292 e. The Bertz CT molecular complexity index is 212.